The van der Waals surface area contributed by atoms with Crippen LogP contribution >= 0.6 is 11.3 Å². The van der Waals surface area contributed by atoms with Gasteiger partial charge in [-0.15, -0.1) is 11.3 Å². The van der Waals surface area contributed by atoms with Crippen molar-refractivity contribution in [1.82, 2.24) is 20.5 Å². The van der Waals surface area contributed by atoms with Crippen LogP contribution in [0.3, 0.4) is 0 Å². The largest absolute Gasteiger partial charge is 0.370 e. The molecule has 0 saturated carbocycles. The molecule has 2 atom stereocenters. The van der Waals surface area contributed by atoms with Crippen LogP contribution in [0.4, 0.5) is 0 Å². The zero-order valence-electron chi connectivity index (χ0n) is 17.5. The van der Waals surface area contributed by atoms with Gasteiger partial charge < -0.3 is 21.3 Å². The van der Waals surface area contributed by atoms with Crippen molar-refractivity contribution in [1.29, 1.82) is 5.41 Å². The van der Waals surface area contributed by atoms with Gasteiger partial charge in [-0.05, 0) is 37.8 Å². The van der Waals surface area contributed by atoms with Gasteiger partial charge in [0.15, 0.2) is 11.0 Å². The van der Waals surface area contributed by atoms with E-state index in [-0.39, 0.29) is 29.5 Å². The lowest BCUT2D eigenvalue weighted by Gasteiger charge is -2.32. The van der Waals surface area contributed by atoms with Gasteiger partial charge in [0.25, 0.3) is 0 Å². The quantitative estimate of drug-likeness (QED) is 0.210. The SMILES string of the molecule is CC(=O)N1CCCC(C(=O)NC(CCCNC(=N)N)C(=O)c2nc3ccccc3s2)C1. The second kappa shape index (κ2) is 10.3. The summed E-state index contributed by atoms with van der Waals surface area (Å²) < 4.78 is 0.915. The molecule has 0 radical (unpaired) electrons. The number of rotatable bonds is 8. The highest BCUT2D eigenvalue weighted by atomic mass is 32.1. The predicted octanol–water partition coefficient (Wildman–Crippen LogP) is 1.49. The molecular weight excluding hydrogens is 416 g/mol. The van der Waals surface area contributed by atoms with Crippen LogP contribution in [0.15, 0.2) is 24.3 Å². The Morgan fingerprint density at radius 1 is 1.35 bits per heavy atom. The molecule has 5 N–H and O–H groups in total. The van der Waals surface area contributed by atoms with Crippen molar-refractivity contribution < 1.29 is 14.4 Å². The van der Waals surface area contributed by atoms with Crippen molar-refractivity contribution in [3.05, 3.63) is 29.3 Å². The molecule has 0 spiro atoms. The van der Waals surface area contributed by atoms with E-state index in [1.54, 1.807) is 4.90 Å². The van der Waals surface area contributed by atoms with Crippen LogP contribution in [0.5, 0.6) is 0 Å². The molecule has 1 saturated heterocycles. The van der Waals surface area contributed by atoms with Gasteiger partial charge in [0.2, 0.25) is 17.6 Å². The lowest BCUT2D eigenvalue weighted by Crippen LogP contribution is -2.49. The molecular formula is C21H28N6O3S. The Balaban J connectivity index is 1.71. The minimum atomic E-state index is -0.727. The number of nitrogens with one attached hydrogen (secondary N) is 3. The third-order valence-electron chi connectivity index (χ3n) is 5.36. The van der Waals surface area contributed by atoms with Gasteiger partial charge in [-0.25, -0.2) is 4.98 Å². The molecule has 10 heteroatoms. The molecule has 1 fully saturated rings. The average Bonchev–Trinajstić information content (AvgIpc) is 3.19. The Morgan fingerprint density at radius 2 is 2.13 bits per heavy atom. The van der Waals surface area contributed by atoms with Crippen molar-refractivity contribution in [3.8, 4) is 0 Å². The number of nitrogens with zero attached hydrogens (tertiary/aromatic N) is 2. The van der Waals surface area contributed by atoms with Crippen LogP contribution in [-0.4, -0.2) is 59.1 Å². The maximum Gasteiger partial charge on any atom is 0.225 e. The molecule has 166 valence electrons. The Hall–Kier alpha value is -3.01. The summed E-state index contributed by atoms with van der Waals surface area (Å²) in [5.74, 6) is -0.959. The van der Waals surface area contributed by atoms with Crippen molar-refractivity contribution in [2.24, 2.45) is 11.7 Å². The van der Waals surface area contributed by atoms with Gasteiger partial charge in [0.1, 0.15) is 0 Å². The second-order valence-corrected chi connectivity index (χ2v) is 8.73. The molecule has 1 aliphatic heterocycles. The second-order valence-electron chi connectivity index (χ2n) is 7.70. The molecule has 1 aromatic heterocycles. The number of ketones is 1. The molecule has 2 heterocycles. The number of piperidine rings is 1. The fourth-order valence-corrected chi connectivity index (χ4v) is 4.65. The van der Waals surface area contributed by atoms with E-state index in [0.717, 1.165) is 16.6 Å². The number of aromatic nitrogens is 1. The molecule has 0 aliphatic carbocycles. The number of carbonyl (C=O) groups is 3. The lowest BCUT2D eigenvalue weighted by atomic mass is 9.96. The van der Waals surface area contributed by atoms with E-state index in [1.165, 1.54) is 18.3 Å². The molecule has 2 aromatic rings. The predicted molar refractivity (Wildman–Crippen MR) is 120 cm³/mol. The van der Waals surface area contributed by atoms with Crippen LogP contribution in [0.1, 0.15) is 42.4 Å². The number of carbonyl (C=O) groups excluding carboxylic acids is 3. The Morgan fingerprint density at radius 3 is 2.84 bits per heavy atom. The van der Waals surface area contributed by atoms with Gasteiger partial charge in [0.05, 0.1) is 22.2 Å². The van der Waals surface area contributed by atoms with E-state index in [9.17, 15) is 14.4 Å². The smallest absolute Gasteiger partial charge is 0.225 e. The zero-order valence-corrected chi connectivity index (χ0v) is 18.3. The number of hydrogen-bond donors (Lipinski definition) is 4. The topological polar surface area (TPSA) is 141 Å². The number of amides is 2. The highest BCUT2D eigenvalue weighted by molar-refractivity contribution is 7.20. The Labute approximate surface area is 184 Å². The first-order valence-corrected chi connectivity index (χ1v) is 11.2. The molecule has 2 amide bonds. The van der Waals surface area contributed by atoms with E-state index in [4.69, 9.17) is 11.1 Å². The van der Waals surface area contributed by atoms with Crippen LogP contribution in [-0.2, 0) is 9.59 Å². The molecule has 3 rings (SSSR count). The van der Waals surface area contributed by atoms with E-state index < -0.39 is 6.04 Å². The third-order valence-corrected chi connectivity index (χ3v) is 6.41. The summed E-state index contributed by atoms with van der Waals surface area (Å²) in [6, 6.07) is 6.80. The van der Waals surface area contributed by atoms with E-state index in [0.29, 0.717) is 43.9 Å². The molecule has 9 nitrogen and oxygen atoms in total. The third kappa shape index (κ3) is 6.00. The van der Waals surface area contributed by atoms with Crippen molar-refractivity contribution in [3.63, 3.8) is 0 Å². The average molecular weight is 445 g/mol. The summed E-state index contributed by atoms with van der Waals surface area (Å²) in [4.78, 5) is 44.0. The number of fused-ring (bicyclic) bond motifs is 1. The van der Waals surface area contributed by atoms with Crippen LogP contribution in [0.25, 0.3) is 10.2 Å². The number of benzene rings is 1. The maximum atomic E-state index is 13.2. The van der Waals surface area contributed by atoms with Crippen LogP contribution in [0, 0.1) is 11.3 Å². The first kappa shape index (κ1) is 22.7. The summed E-state index contributed by atoms with van der Waals surface area (Å²) in [6.45, 7) is 2.96. The maximum absolute atomic E-state index is 13.2. The Bertz CT molecular complexity index is 942. The summed E-state index contributed by atoms with van der Waals surface area (Å²) in [5.41, 5.74) is 6.07. The molecule has 1 aliphatic rings. The summed E-state index contributed by atoms with van der Waals surface area (Å²) in [5, 5.41) is 13.2. The van der Waals surface area contributed by atoms with Gasteiger partial charge in [-0.1, -0.05) is 12.1 Å². The highest BCUT2D eigenvalue weighted by Gasteiger charge is 2.31. The number of para-hydroxylation sites is 1. The van der Waals surface area contributed by atoms with Crippen molar-refractivity contribution in [2.45, 2.75) is 38.6 Å². The summed E-state index contributed by atoms with van der Waals surface area (Å²) in [7, 11) is 0. The van der Waals surface area contributed by atoms with Crippen molar-refractivity contribution in [2.75, 3.05) is 19.6 Å². The minimum absolute atomic E-state index is 0.0464. The number of Topliss-reactive ketones (excluding diaryl/α,β-unsaturated/α-hetero) is 1. The first-order valence-electron chi connectivity index (χ1n) is 10.4. The van der Waals surface area contributed by atoms with Gasteiger partial charge in [-0.3, -0.25) is 19.8 Å². The standard InChI is InChI=1S/C21H28N6O3S/c1-13(28)27-11-5-6-14(12-27)19(30)25-16(8-4-10-24-21(22)23)18(29)20-26-15-7-2-3-9-17(15)31-20/h2-3,7,9,14,16H,4-6,8,10-12H2,1H3,(H,25,30)(H4,22,23,24). The molecule has 0 bridgehead atoms. The Kier molecular flexibility index (Phi) is 7.56. The van der Waals surface area contributed by atoms with E-state index in [2.05, 4.69) is 15.6 Å². The van der Waals surface area contributed by atoms with Gasteiger partial charge in [0, 0.05) is 26.6 Å². The van der Waals surface area contributed by atoms with Crippen molar-refractivity contribution >= 4 is 45.1 Å². The van der Waals surface area contributed by atoms with E-state index in [1.807, 2.05) is 24.3 Å². The molecule has 2 unspecified atom stereocenters. The first-order chi connectivity index (χ1) is 14.8. The number of thiazole rings is 1. The number of likely N-dealkylation sites (tertiary alicyclic amines) is 1. The van der Waals surface area contributed by atoms with Gasteiger partial charge >= 0.3 is 0 Å². The lowest BCUT2D eigenvalue weighted by molar-refractivity contribution is -0.134. The highest BCUT2D eigenvalue weighted by Crippen LogP contribution is 2.24. The fraction of sp³-hybridized carbons (Fsp3) is 0.476. The van der Waals surface area contributed by atoms with Crippen LogP contribution in [0.2, 0.25) is 0 Å². The monoisotopic (exact) mass is 444 g/mol. The summed E-state index contributed by atoms with van der Waals surface area (Å²) >= 11 is 1.31. The zero-order chi connectivity index (χ0) is 22.4. The molecule has 31 heavy (non-hydrogen) atoms. The number of guanidine groups is 1. The minimum Gasteiger partial charge on any atom is -0.370 e. The summed E-state index contributed by atoms with van der Waals surface area (Å²) in [6.07, 6.45) is 2.38. The van der Waals surface area contributed by atoms with E-state index >= 15 is 0 Å². The molecule has 1 aromatic carbocycles. The fourth-order valence-electron chi connectivity index (χ4n) is 3.69. The normalized spacial score (nSPS) is 17.2. The number of hydrogen-bond acceptors (Lipinski definition) is 6. The van der Waals surface area contributed by atoms with Crippen LogP contribution < -0.4 is 16.4 Å². The number of nitrogens with two attached hydrogens (primary N) is 1. The van der Waals surface area contributed by atoms with Gasteiger partial charge in [-0.2, -0.15) is 0 Å².